The SMILES string of the molecule is O=C(O)c1cc(CCOC2CCCCO2)on1. The van der Waals surface area contributed by atoms with Crippen molar-refractivity contribution in [2.75, 3.05) is 13.2 Å². The van der Waals surface area contributed by atoms with Crippen molar-refractivity contribution < 1.29 is 23.9 Å². The fraction of sp³-hybridized carbons (Fsp3) is 0.636. The molecule has 1 fully saturated rings. The van der Waals surface area contributed by atoms with Crippen LogP contribution in [0.15, 0.2) is 10.6 Å². The summed E-state index contributed by atoms with van der Waals surface area (Å²) in [6.45, 7) is 1.19. The second-order valence-corrected chi connectivity index (χ2v) is 3.90. The molecule has 1 aliphatic heterocycles. The molecule has 0 aromatic carbocycles. The topological polar surface area (TPSA) is 81.8 Å². The maximum atomic E-state index is 10.6. The van der Waals surface area contributed by atoms with Gasteiger partial charge in [-0.25, -0.2) is 4.79 Å². The molecule has 0 radical (unpaired) electrons. The highest BCUT2D eigenvalue weighted by Crippen LogP contribution is 2.14. The van der Waals surface area contributed by atoms with Crippen LogP contribution in [-0.2, 0) is 15.9 Å². The van der Waals surface area contributed by atoms with E-state index in [2.05, 4.69) is 5.16 Å². The van der Waals surface area contributed by atoms with Gasteiger partial charge in [-0.3, -0.25) is 0 Å². The molecular formula is C11H15NO5. The van der Waals surface area contributed by atoms with Gasteiger partial charge in [-0.1, -0.05) is 5.16 Å². The summed E-state index contributed by atoms with van der Waals surface area (Å²) in [5.41, 5.74) is -0.0751. The predicted octanol–water partition coefficient (Wildman–Crippen LogP) is 1.46. The third-order valence-corrected chi connectivity index (χ3v) is 2.57. The number of hydrogen-bond donors (Lipinski definition) is 1. The highest BCUT2D eigenvalue weighted by Gasteiger charge is 2.15. The van der Waals surface area contributed by atoms with Crippen LogP contribution in [0.5, 0.6) is 0 Å². The number of carboxylic acid groups (broad SMARTS) is 1. The fourth-order valence-corrected chi connectivity index (χ4v) is 1.67. The molecule has 1 atom stereocenters. The molecule has 0 aliphatic carbocycles. The zero-order valence-corrected chi connectivity index (χ0v) is 9.42. The quantitative estimate of drug-likeness (QED) is 0.840. The first-order valence-corrected chi connectivity index (χ1v) is 5.68. The lowest BCUT2D eigenvalue weighted by Gasteiger charge is -2.22. The lowest BCUT2D eigenvalue weighted by atomic mass is 10.2. The standard InChI is InChI=1S/C11H15NO5/c13-11(14)9-7-8(17-12-9)4-6-16-10-3-1-2-5-15-10/h7,10H,1-6H2,(H,13,14). The van der Waals surface area contributed by atoms with E-state index in [4.69, 9.17) is 19.1 Å². The van der Waals surface area contributed by atoms with Gasteiger partial charge in [-0.2, -0.15) is 0 Å². The van der Waals surface area contributed by atoms with Crippen LogP contribution in [0.2, 0.25) is 0 Å². The number of hydrogen-bond acceptors (Lipinski definition) is 5. The minimum atomic E-state index is -1.09. The number of rotatable bonds is 5. The summed E-state index contributed by atoms with van der Waals surface area (Å²) in [6, 6.07) is 1.41. The van der Waals surface area contributed by atoms with E-state index in [9.17, 15) is 4.79 Å². The minimum absolute atomic E-state index is 0.0751. The van der Waals surface area contributed by atoms with E-state index in [1.807, 2.05) is 0 Å². The molecule has 1 aromatic rings. The van der Waals surface area contributed by atoms with E-state index in [0.29, 0.717) is 18.8 Å². The van der Waals surface area contributed by atoms with Crippen molar-refractivity contribution in [3.63, 3.8) is 0 Å². The summed E-state index contributed by atoms with van der Waals surface area (Å²) >= 11 is 0. The second-order valence-electron chi connectivity index (χ2n) is 3.90. The summed E-state index contributed by atoms with van der Waals surface area (Å²) in [7, 11) is 0. The van der Waals surface area contributed by atoms with Crippen LogP contribution < -0.4 is 0 Å². The van der Waals surface area contributed by atoms with Crippen molar-refractivity contribution in [1.82, 2.24) is 5.16 Å². The lowest BCUT2D eigenvalue weighted by molar-refractivity contribution is -0.162. The van der Waals surface area contributed by atoms with Gasteiger partial charge in [-0.15, -0.1) is 0 Å². The molecule has 2 heterocycles. The van der Waals surface area contributed by atoms with Gasteiger partial charge in [0.2, 0.25) is 0 Å². The maximum Gasteiger partial charge on any atom is 0.358 e. The Balaban J connectivity index is 1.71. The molecule has 94 valence electrons. The average molecular weight is 241 g/mol. The Morgan fingerprint density at radius 2 is 2.47 bits per heavy atom. The molecule has 0 bridgehead atoms. The van der Waals surface area contributed by atoms with Crippen molar-refractivity contribution in [2.24, 2.45) is 0 Å². The Morgan fingerprint density at radius 1 is 1.59 bits per heavy atom. The monoisotopic (exact) mass is 241 g/mol. The third-order valence-electron chi connectivity index (χ3n) is 2.57. The van der Waals surface area contributed by atoms with Crippen LogP contribution in [0.4, 0.5) is 0 Å². The predicted molar refractivity (Wildman–Crippen MR) is 56.7 cm³/mol. The molecule has 2 rings (SSSR count). The normalized spacial score (nSPS) is 20.4. The van der Waals surface area contributed by atoms with Crippen LogP contribution in [0.1, 0.15) is 35.5 Å². The first-order valence-electron chi connectivity index (χ1n) is 5.68. The highest BCUT2D eigenvalue weighted by molar-refractivity contribution is 5.85. The minimum Gasteiger partial charge on any atom is -0.476 e. The fourth-order valence-electron chi connectivity index (χ4n) is 1.67. The molecule has 0 saturated carbocycles. The van der Waals surface area contributed by atoms with E-state index in [-0.39, 0.29) is 12.0 Å². The molecule has 17 heavy (non-hydrogen) atoms. The molecule has 6 nitrogen and oxygen atoms in total. The Hall–Kier alpha value is -1.40. The molecule has 0 amide bonds. The molecule has 1 N–H and O–H groups in total. The third kappa shape index (κ3) is 3.54. The first-order chi connectivity index (χ1) is 8.25. The van der Waals surface area contributed by atoms with Crippen molar-refractivity contribution >= 4 is 5.97 Å². The zero-order chi connectivity index (χ0) is 12.1. The van der Waals surface area contributed by atoms with Crippen molar-refractivity contribution in [2.45, 2.75) is 32.0 Å². The van der Waals surface area contributed by atoms with Gasteiger partial charge >= 0.3 is 5.97 Å². The van der Waals surface area contributed by atoms with Gasteiger partial charge in [0.25, 0.3) is 0 Å². The first kappa shape index (κ1) is 12.1. The Morgan fingerprint density at radius 3 is 3.12 bits per heavy atom. The van der Waals surface area contributed by atoms with Crippen LogP contribution in [0.25, 0.3) is 0 Å². The number of aromatic carboxylic acids is 1. The number of ether oxygens (including phenoxy) is 2. The van der Waals surface area contributed by atoms with E-state index in [1.165, 1.54) is 6.07 Å². The smallest absolute Gasteiger partial charge is 0.358 e. The molecule has 1 aromatic heterocycles. The summed E-state index contributed by atoms with van der Waals surface area (Å²) in [5.74, 6) is -0.574. The van der Waals surface area contributed by atoms with Crippen LogP contribution in [0, 0.1) is 0 Å². The van der Waals surface area contributed by atoms with Crippen molar-refractivity contribution in [1.29, 1.82) is 0 Å². The summed E-state index contributed by atoms with van der Waals surface area (Å²) in [4.78, 5) is 10.6. The van der Waals surface area contributed by atoms with E-state index in [1.54, 1.807) is 0 Å². The molecule has 1 saturated heterocycles. The van der Waals surface area contributed by atoms with Gasteiger partial charge in [-0.05, 0) is 19.3 Å². The Kier molecular flexibility index (Phi) is 4.11. The molecule has 6 heteroatoms. The Labute approximate surface area is 98.5 Å². The maximum absolute atomic E-state index is 10.6. The zero-order valence-electron chi connectivity index (χ0n) is 9.42. The van der Waals surface area contributed by atoms with E-state index >= 15 is 0 Å². The number of nitrogens with zero attached hydrogens (tertiary/aromatic N) is 1. The summed E-state index contributed by atoms with van der Waals surface area (Å²) < 4.78 is 15.8. The van der Waals surface area contributed by atoms with Crippen molar-refractivity contribution in [3.8, 4) is 0 Å². The number of carbonyl (C=O) groups is 1. The summed E-state index contributed by atoms with van der Waals surface area (Å²) in [6.07, 6.45) is 3.49. The van der Waals surface area contributed by atoms with Crippen LogP contribution >= 0.6 is 0 Å². The Bertz CT molecular complexity index is 370. The average Bonchev–Trinajstić information content (AvgIpc) is 2.79. The van der Waals surface area contributed by atoms with Crippen molar-refractivity contribution in [3.05, 3.63) is 17.5 Å². The molecular weight excluding hydrogens is 226 g/mol. The highest BCUT2D eigenvalue weighted by atomic mass is 16.7. The second kappa shape index (κ2) is 5.79. The van der Waals surface area contributed by atoms with Gasteiger partial charge in [0.1, 0.15) is 5.76 Å². The van der Waals surface area contributed by atoms with Gasteiger partial charge < -0.3 is 19.1 Å². The van der Waals surface area contributed by atoms with E-state index < -0.39 is 5.97 Å². The summed E-state index contributed by atoms with van der Waals surface area (Å²) in [5, 5.41) is 12.1. The van der Waals surface area contributed by atoms with E-state index in [0.717, 1.165) is 25.9 Å². The molecule has 1 aliphatic rings. The van der Waals surface area contributed by atoms with Crippen LogP contribution in [0.3, 0.4) is 0 Å². The van der Waals surface area contributed by atoms with Gasteiger partial charge in [0.15, 0.2) is 12.0 Å². The molecule has 1 unspecified atom stereocenters. The largest absolute Gasteiger partial charge is 0.476 e. The van der Waals surface area contributed by atoms with Crippen LogP contribution in [-0.4, -0.2) is 35.7 Å². The lowest BCUT2D eigenvalue weighted by Crippen LogP contribution is -2.23. The molecule has 0 spiro atoms. The number of aromatic nitrogens is 1. The van der Waals surface area contributed by atoms with Gasteiger partial charge in [0.05, 0.1) is 6.61 Å². The number of carboxylic acids is 1. The van der Waals surface area contributed by atoms with Gasteiger partial charge in [0, 0.05) is 19.1 Å².